The zero-order chi connectivity index (χ0) is 13.1. The van der Waals surface area contributed by atoms with Crippen molar-refractivity contribution < 1.29 is 9.55 Å². The monoisotopic (exact) mass is 264 g/mol. The van der Waals surface area contributed by atoms with Crippen LogP contribution in [-0.2, 0) is 4.79 Å². The highest BCUT2D eigenvalue weighted by Gasteiger charge is 2.27. The molecule has 0 aliphatic carbocycles. The number of carbonyl (C=O) groups is 1. The van der Waals surface area contributed by atoms with Crippen molar-refractivity contribution in [1.82, 2.24) is 0 Å². The van der Waals surface area contributed by atoms with Gasteiger partial charge in [0.15, 0.2) is 0 Å². The summed E-state index contributed by atoms with van der Waals surface area (Å²) in [7, 11) is 0. The van der Waals surface area contributed by atoms with E-state index in [9.17, 15) is 14.6 Å². The van der Waals surface area contributed by atoms with Crippen LogP contribution in [-0.4, -0.2) is 10.7 Å². The van der Waals surface area contributed by atoms with Crippen molar-refractivity contribution in [2.45, 2.75) is 0 Å². The lowest BCUT2D eigenvalue weighted by Crippen LogP contribution is -2.18. The fourth-order valence-electron chi connectivity index (χ4n) is 1.39. The quantitative estimate of drug-likeness (QED) is 0.673. The number of carbonyl (C=O) groups excluding carboxylic acids is 1. The summed E-state index contributed by atoms with van der Waals surface area (Å²) in [5.41, 5.74) is 0.420. The number of hydrogen-bond donors (Lipinski definition) is 1. The molecule has 0 unspecified atom stereocenters. The number of halogens is 1. The van der Waals surface area contributed by atoms with E-state index in [1.807, 2.05) is 0 Å². The summed E-state index contributed by atoms with van der Waals surface area (Å²) >= 11 is 5.85. The molecule has 7 heteroatoms. The minimum Gasteiger partial charge on any atom is -0.315 e. The number of hydrogen-bond acceptors (Lipinski definition) is 4. The number of allylic oxidation sites excluding steroid dienone is 2. The number of benzene rings is 1. The zero-order valence-corrected chi connectivity index (χ0v) is 9.72. The van der Waals surface area contributed by atoms with E-state index < -0.39 is 5.91 Å². The van der Waals surface area contributed by atoms with E-state index in [1.165, 1.54) is 36.6 Å². The van der Waals surface area contributed by atoms with Gasteiger partial charge in [-0.1, -0.05) is 11.6 Å². The van der Waals surface area contributed by atoms with E-state index in [4.69, 9.17) is 11.6 Å². The Kier molecular flexibility index (Phi) is 3.29. The molecular weight excluding hydrogens is 258 g/mol. The molecule has 0 atom stereocenters. The van der Waals surface area contributed by atoms with E-state index >= 15 is 0 Å². The van der Waals surface area contributed by atoms with Gasteiger partial charge in [0, 0.05) is 17.1 Å². The summed E-state index contributed by atoms with van der Waals surface area (Å²) in [6, 6.07) is 4.17. The summed E-state index contributed by atoms with van der Waals surface area (Å²) in [6.45, 7) is 0. The fraction of sp³-hybridized carbons (Fsp3) is 0. The standard InChI is InChI=1S/C11H6ClN3O3/c12-8-6-7(14-17)3-4-9(8)13-11(16)10-2-1-5-15(10)18/h1-6H/p+1. The highest BCUT2D eigenvalue weighted by atomic mass is 35.5. The van der Waals surface area contributed by atoms with E-state index in [-0.39, 0.29) is 16.4 Å². The maximum atomic E-state index is 11.7. The number of amides is 1. The van der Waals surface area contributed by atoms with Crippen molar-refractivity contribution >= 4 is 28.9 Å². The van der Waals surface area contributed by atoms with Gasteiger partial charge < -0.3 is 5.32 Å². The molecule has 0 fully saturated rings. The molecule has 1 amide bonds. The predicted molar refractivity (Wildman–Crippen MR) is 66.4 cm³/mol. The van der Waals surface area contributed by atoms with Crippen molar-refractivity contribution in [1.29, 1.82) is 0 Å². The normalized spacial score (nSPS) is 13.4. The molecule has 1 aliphatic rings. The second kappa shape index (κ2) is 4.89. The van der Waals surface area contributed by atoms with Crippen LogP contribution in [0.5, 0.6) is 0 Å². The molecule has 0 spiro atoms. The van der Waals surface area contributed by atoms with Crippen LogP contribution in [0.15, 0.2) is 47.4 Å². The molecule has 0 saturated carbocycles. The Morgan fingerprint density at radius 1 is 1.39 bits per heavy atom. The first-order valence-electron chi connectivity index (χ1n) is 4.91. The van der Waals surface area contributed by atoms with E-state index in [0.29, 0.717) is 10.4 Å². The SMILES string of the molecule is O=Nc1ccc(NC(=O)C2=CC=C[N+]2=O)c(Cl)c1. The van der Waals surface area contributed by atoms with Crippen LogP contribution in [0, 0.1) is 9.81 Å². The summed E-state index contributed by atoms with van der Waals surface area (Å²) in [4.78, 5) is 33.2. The third-order valence-corrected chi connectivity index (χ3v) is 2.56. The van der Waals surface area contributed by atoms with Gasteiger partial charge in [0.1, 0.15) is 5.69 Å². The number of nitrogens with zero attached hydrogens (tertiary/aromatic N) is 2. The lowest BCUT2D eigenvalue weighted by molar-refractivity contribution is -0.413. The molecule has 1 aromatic rings. The number of anilines is 1. The van der Waals surface area contributed by atoms with Crippen molar-refractivity contribution in [3.63, 3.8) is 0 Å². The first-order valence-corrected chi connectivity index (χ1v) is 5.29. The summed E-state index contributed by atoms with van der Waals surface area (Å²) in [5, 5.41) is 5.35. The van der Waals surface area contributed by atoms with Crippen LogP contribution in [0.25, 0.3) is 0 Å². The zero-order valence-electron chi connectivity index (χ0n) is 8.96. The van der Waals surface area contributed by atoms with Gasteiger partial charge in [-0.2, -0.15) is 0 Å². The highest BCUT2D eigenvalue weighted by molar-refractivity contribution is 6.34. The van der Waals surface area contributed by atoms with Crippen LogP contribution in [0.1, 0.15) is 0 Å². The van der Waals surface area contributed by atoms with Crippen molar-refractivity contribution in [2.75, 3.05) is 5.32 Å². The molecule has 0 bridgehead atoms. The molecule has 18 heavy (non-hydrogen) atoms. The van der Waals surface area contributed by atoms with Crippen LogP contribution in [0.3, 0.4) is 0 Å². The van der Waals surface area contributed by atoms with Crippen LogP contribution < -0.4 is 5.32 Å². The van der Waals surface area contributed by atoms with E-state index in [2.05, 4.69) is 10.5 Å². The van der Waals surface area contributed by atoms with Gasteiger partial charge in [0.2, 0.25) is 6.20 Å². The Balaban J connectivity index is 2.17. The molecule has 1 aromatic carbocycles. The first kappa shape index (κ1) is 12.1. The molecular formula is C11H7ClN3O3+. The summed E-state index contributed by atoms with van der Waals surface area (Å²) in [6.07, 6.45) is 4.07. The Morgan fingerprint density at radius 2 is 2.17 bits per heavy atom. The molecule has 0 radical (unpaired) electrons. The molecule has 1 N–H and O–H groups in total. The van der Waals surface area contributed by atoms with Gasteiger partial charge in [-0.25, -0.2) is 0 Å². The average Bonchev–Trinajstić information content (AvgIpc) is 2.78. The maximum absolute atomic E-state index is 11.7. The molecule has 2 rings (SSSR count). The molecule has 1 aliphatic heterocycles. The van der Waals surface area contributed by atoms with Gasteiger partial charge >= 0.3 is 11.6 Å². The lowest BCUT2D eigenvalue weighted by atomic mass is 10.2. The van der Waals surface area contributed by atoms with Crippen molar-refractivity contribution in [3.8, 4) is 0 Å². The van der Waals surface area contributed by atoms with E-state index in [0.717, 1.165) is 0 Å². The topological polar surface area (TPSA) is 78.6 Å². The second-order valence-corrected chi connectivity index (χ2v) is 3.84. The maximum Gasteiger partial charge on any atom is 0.327 e. The first-order chi connectivity index (χ1) is 8.61. The van der Waals surface area contributed by atoms with Gasteiger partial charge in [0.05, 0.1) is 15.5 Å². The Labute approximate surface area is 106 Å². The Bertz CT molecular complexity index is 608. The third-order valence-electron chi connectivity index (χ3n) is 2.25. The van der Waals surface area contributed by atoms with Gasteiger partial charge in [-0.3, -0.25) is 4.79 Å². The molecule has 1 heterocycles. The van der Waals surface area contributed by atoms with Gasteiger partial charge in [0.25, 0.3) is 0 Å². The van der Waals surface area contributed by atoms with Crippen molar-refractivity contribution in [3.05, 3.63) is 57.1 Å². The van der Waals surface area contributed by atoms with Crippen LogP contribution >= 0.6 is 11.6 Å². The molecule has 90 valence electrons. The molecule has 0 saturated heterocycles. The predicted octanol–water partition coefficient (Wildman–Crippen LogP) is 2.87. The summed E-state index contributed by atoms with van der Waals surface area (Å²) < 4.78 is 0.449. The van der Waals surface area contributed by atoms with Crippen LogP contribution in [0.4, 0.5) is 11.4 Å². The summed E-state index contributed by atoms with van der Waals surface area (Å²) in [5.74, 6) is -0.580. The smallest absolute Gasteiger partial charge is 0.315 e. The third kappa shape index (κ3) is 2.33. The molecule has 6 nitrogen and oxygen atoms in total. The minimum atomic E-state index is -0.580. The number of nitrogens with one attached hydrogen (secondary N) is 1. The van der Waals surface area contributed by atoms with E-state index in [1.54, 1.807) is 0 Å². The minimum absolute atomic E-state index is 0.0383. The highest BCUT2D eigenvalue weighted by Crippen LogP contribution is 2.27. The van der Waals surface area contributed by atoms with Gasteiger partial charge in [-0.05, 0) is 23.4 Å². The van der Waals surface area contributed by atoms with Crippen LogP contribution in [0.2, 0.25) is 5.02 Å². The second-order valence-electron chi connectivity index (χ2n) is 3.43. The fourth-order valence-corrected chi connectivity index (χ4v) is 1.61. The number of rotatable bonds is 3. The number of nitroso groups, excluding NO2 is 2. The van der Waals surface area contributed by atoms with Gasteiger partial charge in [-0.15, -0.1) is 4.91 Å². The molecule has 0 aromatic heterocycles. The van der Waals surface area contributed by atoms with Crippen molar-refractivity contribution in [2.24, 2.45) is 5.18 Å². The average molecular weight is 265 g/mol. The lowest BCUT2D eigenvalue weighted by Gasteiger charge is -2.04. The Hall–Kier alpha value is -2.34. The Morgan fingerprint density at radius 3 is 2.72 bits per heavy atom. The largest absolute Gasteiger partial charge is 0.327 e.